The van der Waals surface area contributed by atoms with Crippen LogP contribution in [0.25, 0.3) is 0 Å². The maximum Gasteiger partial charge on any atom is 0.350 e. The second-order valence-corrected chi connectivity index (χ2v) is 7.84. The van der Waals surface area contributed by atoms with Crippen molar-refractivity contribution in [3.63, 3.8) is 0 Å². The number of guanidine groups is 1. The van der Waals surface area contributed by atoms with Crippen molar-refractivity contribution >= 4 is 29.2 Å². The van der Waals surface area contributed by atoms with Gasteiger partial charge in [0.15, 0.2) is 5.96 Å². The standard InChI is InChI=1S/C22H31N5O3S/c1-6-23-19(28)17-11-9-10-16(12-17)13-25-22(24-7-2)27-15(5)20-26-14(4)18(31-20)21(29)30-8-3/h9-12,15H,6-8,13H2,1-5H3,(H,23,28)(H2,24,25,27). The lowest BCUT2D eigenvalue weighted by Gasteiger charge is -2.16. The molecule has 0 aliphatic heterocycles. The van der Waals surface area contributed by atoms with Crippen molar-refractivity contribution in [3.05, 3.63) is 51.0 Å². The number of aryl methyl sites for hydroxylation is 1. The number of amides is 1. The predicted octanol–water partition coefficient (Wildman–Crippen LogP) is 3.19. The number of benzene rings is 1. The highest BCUT2D eigenvalue weighted by molar-refractivity contribution is 7.13. The summed E-state index contributed by atoms with van der Waals surface area (Å²) in [6.45, 7) is 11.5. The van der Waals surface area contributed by atoms with E-state index in [1.54, 1.807) is 19.9 Å². The van der Waals surface area contributed by atoms with Crippen LogP contribution < -0.4 is 16.0 Å². The zero-order valence-electron chi connectivity index (χ0n) is 18.7. The lowest BCUT2D eigenvalue weighted by atomic mass is 10.1. The molecular formula is C22H31N5O3S. The number of ether oxygens (including phenoxy) is 1. The Morgan fingerprint density at radius 2 is 1.94 bits per heavy atom. The summed E-state index contributed by atoms with van der Waals surface area (Å²) in [5.74, 6) is 0.191. The van der Waals surface area contributed by atoms with E-state index in [-0.39, 0.29) is 17.9 Å². The van der Waals surface area contributed by atoms with Gasteiger partial charge in [-0.2, -0.15) is 0 Å². The lowest BCUT2D eigenvalue weighted by molar-refractivity contribution is 0.0531. The molecule has 1 heterocycles. The van der Waals surface area contributed by atoms with Gasteiger partial charge in [0.25, 0.3) is 5.91 Å². The number of rotatable bonds is 9. The van der Waals surface area contributed by atoms with Crippen LogP contribution in [0, 0.1) is 6.92 Å². The molecule has 0 radical (unpaired) electrons. The number of hydrogen-bond donors (Lipinski definition) is 3. The van der Waals surface area contributed by atoms with Gasteiger partial charge >= 0.3 is 5.97 Å². The van der Waals surface area contributed by atoms with Crippen LogP contribution >= 0.6 is 11.3 Å². The molecule has 0 fully saturated rings. The third-order valence-electron chi connectivity index (χ3n) is 4.29. The van der Waals surface area contributed by atoms with Crippen molar-refractivity contribution < 1.29 is 14.3 Å². The molecule has 1 atom stereocenters. The first-order valence-corrected chi connectivity index (χ1v) is 11.3. The fourth-order valence-electron chi connectivity index (χ4n) is 2.82. The van der Waals surface area contributed by atoms with Gasteiger partial charge in [-0.1, -0.05) is 12.1 Å². The third-order valence-corrected chi connectivity index (χ3v) is 5.61. The average molecular weight is 446 g/mol. The van der Waals surface area contributed by atoms with Crippen LogP contribution in [0.3, 0.4) is 0 Å². The number of carbonyl (C=O) groups excluding carboxylic acids is 2. The van der Waals surface area contributed by atoms with Crippen LogP contribution in [0.5, 0.6) is 0 Å². The number of esters is 1. The Balaban J connectivity index is 2.11. The summed E-state index contributed by atoms with van der Waals surface area (Å²) in [7, 11) is 0. The molecule has 2 aromatic rings. The summed E-state index contributed by atoms with van der Waals surface area (Å²) in [6, 6.07) is 7.28. The molecule has 1 aromatic heterocycles. The zero-order chi connectivity index (χ0) is 22.8. The Hall–Kier alpha value is -2.94. The van der Waals surface area contributed by atoms with Crippen molar-refractivity contribution in [2.75, 3.05) is 19.7 Å². The van der Waals surface area contributed by atoms with Crippen LogP contribution in [0.1, 0.15) is 70.0 Å². The summed E-state index contributed by atoms with van der Waals surface area (Å²) in [4.78, 5) is 33.8. The minimum absolute atomic E-state index is 0.0940. The highest BCUT2D eigenvalue weighted by atomic mass is 32.1. The molecule has 0 saturated heterocycles. The lowest BCUT2D eigenvalue weighted by Crippen LogP contribution is -2.38. The topological polar surface area (TPSA) is 105 Å². The van der Waals surface area contributed by atoms with Gasteiger partial charge in [-0.05, 0) is 52.3 Å². The quantitative estimate of drug-likeness (QED) is 0.311. The van der Waals surface area contributed by atoms with Gasteiger partial charge in [0.1, 0.15) is 9.88 Å². The highest BCUT2D eigenvalue weighted by Gasteiger charge is 2.20. The van der Waals surface area contributed by atoms with Crippen LogP contribution in [0.15, 0.2) is 29.3 Å². The van der Waals surface area contributed by atoms with Gasteiger partial charge in [0.2, 0.25) is 0 Å². The maximum atomic E-state index is 12.1. The number of nitrogens with zero attached hydrogens (tertiary/aromatic N) is 2. The van der Waals surface area contributed by atoms with E-state index in [0.29, 0.717) is 48.3 Å². The Morgan fingerprint density at radius 3 is 2.61 bits per heavy atom. The largest absolute Gasteiger partial charge is 0.462 e. The monoisotopic (exact) mass is 445 g/mol. The number of hydrogen-bond acceptors (Lipinski definition) is 6. The van der Waals surface area contributed by atoms with Gasteiger partial charge < -0.3 is 20.7 Å². The van der Waals surface area contributed by atoms with E-state index in [9.17, 15) is 9.59 Å². The molecule has 0 bridgehead atoms. The van der Waals surface area contributed by atoms with Gasteiger partial charge in [-0.3, -0.25) is 4.79 Å². The fourth-order valence-corrected chi connectivity index (χ4v) is 3.78. The predicted molar refractivity (Wildman–Crippen MR) is 124 cm³/mol. The molecule has 1 amide bonds. The van der Waals surface area contributed by atoms with Gasteiger partial charge in [0.05, 0.1) is 24.9 Å². The average Bonchev–Trinajstić information content (AvgIpc) is 3.14. The number of carbonyl (C=O) groups is 2. The molecule has 0 aliphatic rings. The first-order chi connectivity index (χ1) is 14.9. The number of aromatic nitrogens is 1. The Morgan fingerprint density at radius 1 is 1.19 bits per heavy atom. The smallest absolute Gasteiger partial charge is 0.350 e. The van der Waals surface area contributed by atoms with Crippen molar-refractivity contribution in [3.8, 4) is 0 Å². The minimum atomic E-state index is -0.344. The molecular weight excluding hydrogens is 414 g/mol. The van der Waals surface area contributed by atoms with E-state index in [1.165, 1.54) is 11.3 Å². The molecule has 1 unspecified atom stereocenters. The van der Waals surface area contributed by atoms with E-state index in [2.05, 4.69) is 25.9 Å². The number of thiazole rings is 1. The van der Waals surface area contributed by atoms with Crippen LogP contribution in [-0.4, -0.2) is 42.5 Å². The van der Waals surface area contributed by atoms with E-state index in [0.717, 1.165) is 10.6 Å². The molecule has 0 aliphatic carbocycles. The molecule has 2 rings (SSSR count). The van der Waals surface area contributed by atoms with Crippen LogP contribution in [-0.2, 0) is 11.3 Å². The van der Waals surface area contributed by atoms with Gasteiger partial charge in [-0.25, -0.2) is 14.8 Å². The van der Waals surface area contributed by atoms with Crippen molar-refractivity contribution in [2.24, 2.45) is 4.99 Å². The molecule has 1 aromatic carbocycles. The van der Waals surface area contributed by atoms with Crippen LogP contribution in [0.2, 0.25) is 0 Å². The second kappa shape index (κ2) is 12.0. The van der Waals surface area contributed by atoms with Gasteiger partial charge in [-0.15, -0.1) is 11.3 Å². The van der Waals surface area contributed by atoms with E-state index < -0.39 is 0 Å². The second-order valence-electron chi connectivity index (χ2n) is 6.81. The third kappa shape index (κ3) is 7.06. The highest BCUT2D eigenvalue weighted by Crippen LogP contribution is 2.24. The van der Waals surface area contributed by atoms with Crippen molar-refractivity contribution in [1.29, 1.82) is 0 Å². The van der Waals surface area contributed by atoms with Crippen LogP contribution in [0.4, 0.5) is 0 Å². The Bertz CT molecular complexity index is 926. The minimum Gasteiger partial charge on any atom is -0.462 e. The molecule has 31 heavy (non-hydrogen) atoms. The molecule has 168 valence electrons. The number of nitrogens with one attached hydrogen (secondary N) is 3. The zero-order valence-corrected chi connectivity index (χ0v) is 19.6. The Labute approximate surface area is 187 Å². The van der Waals surface area contributed by atoms with E-state index in [4.69, 9.17) is 4.74 Å². The van der Waals surface area contributed by atoms with Crippen molar-refractivity contribution in [2.45, 2.75) is 47.2 Å². The normalized spacial score (nSPS) is 12.2. The van der Waals surface area contributed by atoms with E-state index in [1.807, 2.05) is 39.0 Å². The number of aliphatic imine (C=N–C) groups is 1. The molecule has 9 heteroatoms. The summed E-state index contributed by atoms with van der Waals surface area (Å²) in [6.07, 6.45) is 0. The molecule has 0 spiro atoms. The maximum absolute atomic E-state index is 12.1. The summed E-state index contributed by atoms with van der Waals surface area (Å²) in [5.41, 5.74) is 2.21. The Kier molecular flexibility index (Phi) is 9.45. The fraction of sp³-hybridized carbons (Fsp3) is 0.455. The first kappa shape index (κ1) is 24.3. The summed E-state index contributed by atoms with van der Waals surface area (Å²) < 4.78 is 5.10. The van der Waals surface area contributed by atoms with Crippen molar-refractivity contribution in [1.82, 2.24) is 20.9 Å². The molecule has 3 N–H and O–H groups in total. The summed E-state index contributed by atoms with van der Waals surface area (Å²) in [5, 5.41) is 10.1. The molecule has 0 saturated carbocycles. The SMILES string of the molecule is CCNC(=O)c1cccc(CN=C(NCC)NC(C)c2nc(C)c(C(=O)OCC)s2)c1. The van der Waals surface area contributed by atoms with E-state index >= 15 is 0 Å². The first-order valence-electron chi connectivity index (χ1n) is 10.5. The van der Waals surface area contributed by atoms with Gasteiger partial charge in [0, 0.05) is 18.7 Å². The summed E-state index contributed by atoms with van der Waals surface area (Å²) >= 11 is 1.32. The molecule has 8 nitrogen and oxygen atoms in total.